The van der Waals surface area contributed by atoms with Gasteiger partial charge in [-0.15, -0.1) is 0 Å². The number of nitrogens with zero attached hydrogens (tertiary/aromatic N) is 2. The molecule has 0 aromatic carbocycles. The summed E-state index contributed by atoms with van der Waals surface area (Å²) < 4.78 is 5.01. The highest BCUT2D eigenvalue weighted by Crippen LogP contribution is 2.16. The first-order valence-corrected chi connectivity index (χ1v) is 5.22. The average molecular weight is 221 g/mol. The summed E-state index contributed by atoms with van der Waals surface area (Å²) in [5.41, 5.74) is 0. The van der Waals surface area contributed by atoms with E-state index in [2.05, 4.69) is 10.3 Å². The highest BCUT2D eigenvalue weighted by atomic mass is 16.5. The number of nitrogens with one attached hydrogen (secondary N) is 1. The first-order chi connectivity index (χ1) is 7.70. The van der Waals surface area contributed by atoms with E-state index in [0.29, 0.717) is 11.6 Å². The molecular weight excluding hydrogens is 206 g/mol. The summed E-state index contributed by atoms with van der Waals surface area (Å²) in [4.78, 5) is 17.5. The molecule has 16 heavy (non-hydrogen) atoms. The zero-order valence-corrected chi connectivity index (χ0v) is 9.43. The van der Waals surface area contributed by atoms with E-state index in [1.807, 2.05) is 19.2 Å². The molecule has 0 radical (unpaired) electrons. The Morgan fingerprint density at radius 3 is 2.88 bits per heavy atom. The molecule has 1 saturated heterocycles. The third kappa shape index (κ3) is 2.08. The number of anilines is 1. The van der Waals surface area contributed by atoms with Gasteiger partial charge in [-0.3, -0.25) is 4.79 Å². The van der Waals surface area contributed by atoms with Gasteiger partial charge in [-0.2, -0.15) is 0 Å². The van der Waals surface area contributed by atoms with Crippen molar-refractivity contribution in [1.29, 1.82) is 0 Å². The van der Waals surface area contributed by atoms with Crippen LogP contribution in [0.25, 0.3) is 0 Å². The number of rotatable bonds is 3. The van der Waals surface area contributed by atoms with E-state index in [1.54, 1.807) is 18.2 Å². The molecule has 0 bridgehead atoms. The van der Waals surface area contributed by atoms with Crippen LogP contribution in [0.2, 0.25) is 0 Å². The van der Waals surface area contributed by atoms with Gasteiger partial charge in [0.05, 0.1) is 13.3 Å². The topological polar surface area (TPSA) is 54.5 Å². The Balaban J connectivity index is 2.01. The number of likely N-dealkylation sites (N-methyl/N-ethyl adjacent to an activating group) is 1. The summed E-state index contributed by atoms with van der Waals surface area (Å²) in [5.74, 6) is 1.53. The predicted molar refractivity (Wildman–Crippen MR) is 60.5 cm³/mol. The second-order valence-electron chi connectivity index (χ2n) is 3.83. The number of amides is 1. The first-order valence-electron chi connectivity index (χ1n) is 5.22. The van der Waals surface area contributed by atoms with Crippen molar-refractivity contribution in [3.8, 4) is 5.75 Å². The fourth-order valence-electron chi connectivity index (χ4n) is 1.72. The minimum Gasteiger partial charge on any atom is -0.495 e. The van der Waals surface area contributed by atoms with E-state index in [9.17, 15) is 4.79 Å². The van der Waals surface area contributed by atoms with Gasteiger partial charge in [0.25, 0.3) is 0 Å². The number of hydrogen-bond donors (Lipinski definition) is 1. The number of pyridine rings is 1. The van der Waals surface area contributed by atoms with Gasteiger partial charge in [0.15, 0.2) is 0 Å². The summed E-state index contributed by atoms with van der Waals surface area (Å²) in [6, 6.07) is 3.48. The van der Waals surface area contributed by atoms with Crippen LogP contribution < -0.4 is 10.1 Å². The second kappa shape index (κ2) is 4.38. The van der Waals surface area contributed by atoms with Gasteiger partial charge in [0, 0.05) is 13.6 Å². The Labute approximate surface area is 94.4 Å². The van der Waals surface area contributed by atoms with Crippen molar-refractivity contribution in [3.63, 3.8) is 0 Å². The van der Waals surface area contributed by atoms with E-state index < -0.39 is 0 Å². The van der Waals surface area contributed by atoms with Crippen molar-refractivity contribution >= 4 is 11.7 Å². The van der Waals surface area contributed by atoms with Crippen molar-refractivity contribution < 1.29 is 9.53 Å². The standard InChI is InChI=1S/C11H15N3O2/c1-14-6-5-9(11(14)15)13-10-4-3-8(16-2)7-12-10/h3-4,7,9H,5-6H2,1-2H3,(H,12,13). The van der Waals surface area contributed by atoms with E-state index >= 15 is 0 Å². The highest BCUT2D eigenvalue weighted by molar-refractivity contribution is 5.86. The molecule has 1 aromatic rings. The van der Waals surface area contributed by atoms with Gasteiger partial charge in [-0.1, -0.05) is 0 Å². The summed E-state index contributed by atoms with van der Waals surface area (Å²) in [6.45, 7) is 0.798. The minimum atomic E-state index is -0.147. The molecule has 1 unspecified atom stereocenters. The lowest BCUT2D eigenvalue weighted by Crippen LogP contribution is -2.31. The van der Waals surface area contributed by atoms with Crippen LogP contribution >= 0.6 is 0 Å². The van der Waals surface area contributed by atoms with Gasteiger partial charge in [-0.05, 0) is 18.6 Å². The van der Waals surface area contributed by atoms with Crippen LogP contribution in [0.5, 0.6) is 5.75 Å². The molecule has 5 nitrogen and oxygen atoms in total. The maximum atomic E-state index is 11.6. The lowest BCUT2D eigenvalue weighted by atomic mass is 10.2. The summed E-state index contributed by atoms with van der Waals surface area (Å²) >= 11 is 0. The third-order valence-corrected chi connectivity index (χ3v) is 2.72. The molecule has 2 rings (SSSR count). The molecule has 5 heteroatoms. The highest BCUT2D eigenvalue weighted by Gasteiger charge is 2.28. The molecule has 1 aliphatic rings. The van der Waals surface area contributed by atoms with Gasteiger partial charge in [0.1, 0.15) is 17.6 Å². The Bertz CT molecular complexity index is 377. The average Bonchev–Trinajstić information content (AvgIpc) is 2.62. The number of likely N-dealkylation sites (tertiary alicyclic amines) is 1. The van der Waals surface area contributed by atoms with E-state index in [4.69, 9.17) is 4.74 Å². The SMILES string of the molecule is COc1ccc(NC2CCN(C)C2=O)nc1. The number of carbonyl (C=O) groups is 1. The van der Waals surface area contributed by atoms with Gasteiger partial charge in [0.2, 0.25) is 5.91 Å². The predicted octanol–water partition coefficient (Wildman–Crippen LogP) is 0.733. The van der Waals surface area contributed by atoms with E-state index in [-0.39, 0.29) is 11.9 Å². The normalized spacial score (nSPS) is 20.0. The monoisotopic (exact) mass is 221 g/mol. The van der Waals surface area contributed by atoms with Crippen molar-refractivity contribution in [2.75, 3.05) is 26.0 Å². The van der Waals surface area contributed by atoms with Crippen LogP contribution in [0.3, 0.4) is 0 Å². The molecule has 2 heterocycles. The van der Waals surface area contributed by atoms with Crippen LogP contribution in [-0.2, 0) is 4.79 Å². The van der Waals surface area contributed by atoms with Gasteiger partial charge >= 0.3 is 0 Å². The Morgan fingerprint density at radius 1 is 1.56 bits per heavy atom. The summed E-state index contributed by atoms with van der Waals surface area (Å²) in [5, 5.41) is 3.11. The molecule has 0 aliphatic carbocycles. The smallest absolute Gasteiger partial charge is 0.244 e. The second-order valence-corrected chi connectivity index (χ2v) is 3.83. The number of carbonyl (C=O) groups excluding carboxylic acids is 1. The summed E-state index contributed by atoms with van der Waals surface area (Å²) in [6.07, 6.45) is 2.45. The zero-order valence-electron chi connectivity index (χ0n) is 9.43. The molecule has 1 fully saturated rings. The van der Waals surface area contributed by atoms with Crippen LogP contribution in [0.15, 0.2) is 18.3 Å². The number of hydrogen-bond acceptors (Lipinski definition) is 4. The summed E-state index contributed by atoms with van der Waals surface area (Å²) in [7, 11) is 3.41. The number of methoxy groups -OCH3 is 1. The van der Waals surface area contributed by atoms with Crippen molar-refractivity contribution in [3.05, 3.63) is 18.3 Å². The van der Waals surface area contributed by atoms with Crippen molar-refractivity contribution in [2.45, 2.75) is 12.5 Å². The molecule has 1 N–H and O–H groups in total. The van der Waals surface area contributed by atoms with Gasteiger partial charge in [-0.25, -0.2) is 4.98 Å². The van der Waals surface area contributed by atoms with Gasteiger partial charge < -0.3 is 15.0 Å². The lowest BCUT2D eigenvalue weighted by Gasteiger charge is -2.12. The molecule has 0 saturated carbocycles. The Hall–Kier alpha value is -1.78. The largest absolute Gasteiger partial charge is 0.495 e. The quantitative estimate of drug-likeness (QED) is 0.817. The number of aromatic nitrogens is 1. The first kappa shape index (κ1) is 10.7. The minimum absolute atomic E-state index is 0.123. The molecule has 86 valence electrons. The third-order valence-electron chi connectivity index (χ3n) is 2.72. The van der Waals surface area contributed by atoms with E-state index in [1.165, 1.54) is 0 Å². The van der Waals surface area contributed by atoms with Crippen molar-refractivity contribution in [2.24, 2.45) is 0 Å². The van der Waals surface area contributed by atoms with Crippen LogP contribution in [-0.4, -0.2) is 42.5 Å². The Morgan fingerprint density at radius 2 is 2.38 bits per heavy atom. The maximum Gasteiger partial charge on any atom is 0.244 e. The van der Waals surface area contributed by atoms with Crippen molar-refractivity contribution in [1.82, 2.24) is 9.88 Å². The van der Waals surface area contributed by atoms with Crippen LogP contribution in [0, 0.1) is 0 Å². The Kier molecular flexibility index (Phi) is 2.94. The fourth-order valence-corrected chi connectivity index (χ4v) is 1.72. The lowest BCUT2D eigenvalue weighted by molar-refractivity contribution is -0.127. The molecule has 1 atom stereocenters. The maximum absolute atomic E-state index is 11.6. The zero-order chi connectivity index (χ0) is 11.5. The van der Waals surface area contributed by atoms with E-state index in [0.717, 1.165) is 13.0 Å². The molecule has 1 aromatic heterocycles. The molecule has 1 amide bonds. The molecular formula is C11H15N3O2. The van der Waals surface area contributed by atoms with Crippen LogP contribution in [0.1, 0.15) is 6.42 Å². The molecule has 1 aliphatic heterocycles. The molecule has 0 spiro atoms. The number of ether oxygens (including phenoxy) is 1. The fraction of sp³-hybridized carbons (Fsp3) is 0.455. The van der Waals surface area contributed by atoms with Crippen LogP contribution in [0.4, 0.5) is 5.82 Å².